The Bertz CT molecular complexity index is 504. The van der Waals surface area contributed by atoms with Crippen molar-refractivity contribution in [2.45, 2.75) is 33.1 Å². The van der Waals surface area contributed by atoms with Crippen molar-refractivity contribution in [3.63, 3.8) is 0 Å². The Hall–Kier alpha value is -1.98. The normalized spacial score (nSPS) is 11.2. The second-order valence-electron chi connectivity index (χ2n) is 5.05. The number of nitrogens with zero attached hydrogens (tertiary/aromatic N) is 2. The predicted octanol–water partition coefficient (Wildman–Crippen LogP) is 3.61. The number of hydrogen-bond acceptors (Lipinski definition) is 5. The van der Waals surface area contributed by atoms with Crippen LogP contribution in [0.1, 0.15) is 31.9 Å². The SMILES string of the molecule is COc1c(C(C)(C)C)cc([N+](=O)[O-])c(C)c1N=O. The summed E-state index contributed by atoms with van der Waals surface area (Å²) < 4.78 is 5.19. The number of benzene rings is 1. The van der Waals surface area contributed by atoms with Gasteiger partial charge in [-0.1, -0.05) is 20.8 Å². The van der Waals surface area contributed by atoms with Crippen LogP contribution in [0, 0.1) is 21.9 Å². The molecule has 6 heteroatoms. The van der Waals surface area contributed by atoms with E-state index in [1.54, 1.807) is 0 Å². The first-order valence-corrected chi connectivity index (χ1v) is 5.43. The molecule has 0 unspecified atom stereocenters. The molecule has 0 saturated carbocycles. The number of nitro benzene ring substituents is 1. The van der Waals surface area contributed by atoms with Gasteiger partial charge < -0.3 is 4.74 Å². The Kier molecular flexibility index (Phi) is 3.69. The second-order valence-corrected chi connectivity index (χ2v) is 5.05. The summed E-state index contributed by atoms with van der Waals surface area (Å²) in [5.74, 6) is 0.306. The lowest BCUT2D eigenvalue weighted by molar-refractivity contribution is -0.385. The molecular formula is C12H16N2O4. The van der Waals surface area contributed by atoms with Gasteiger partial charge in [0.1, 0.15) is 0 Å². The minimum atomic E-state index is -0.515. The van der Waals surface area contributed by atoms with E-state index in [2.05, 4.69) is 5.18 Å². The topological polar surface area (TPSA) is 81.8 Å². The molecule has 0 saturated heterocycles. The molecule has 6 nitrogen and oxygen atoms in total. The maximum absolute atomic E-state index is 11.0. The Morgan fingerprint density at radius 3 is 2.28 bits per heavy atom. The summed E-state index contributed by atoms with van der Waals surface area (Å²) in [6.07, 6.45) is 0. The van der Waals surface area contributed by atoms with Crippen molar-refractivity contribution in [1.82, 2.24) is 0 Å². The van der Waals surface area contributed by atoms with Gasteiger partial charge in [0.2, 0.25) is 0 Å². The molecule has 1 rings (SSSR count). The van der Waals surface area contributed by atoms with E-state index >= 15 is 0 Å². The van der Waals surface area contributed by atoms with E-state index in [4.69, 9.17) is 4.74 Å². The van der Waals surface area contributed by atoms with Crippen LogP contribution in [0.5, 0.6) is 5.75 Å². The maximum Gasteiger partial charge on any atom is 0.275 e. The van der Waals surface area contributed by atoms with Gasteiger partial charge in [-0.2, -0.15) is 0 Å². The third kappa shape index (κ3) is 2.32. The number of hydrogen-bond donors (Lipinski definition) is 0. The molecule has 0 amide bonds. The zero-order valence-electron chi connectivity index (χ0n) is 11.1. The third-order valence-electron chi connectivity index (χ3n) is 2.78. The van der Waals surface area contributed by atoms with Gasteiger partial charge in [-0.3, -0.25) is 10.1 Å². The highest BCUT2D eigenvalue weighted by Crippen LogP contribution is 2.44. The fraction of sp³-hybridized carbons (Fsp3) is 0.500. The van der Waals surface area contributed by atoms with Crippen molar-refractivity contribution >= 4 is 11.4 Å². The van der Waals surface area contributed by atoms with Crippen LogP contribution in [0.25, 0.3) is 0 Å². The first-order chi connectivity index (χ1) is 8.23. The molecule has 1 aromatic carbocycles. The lowest BCUT2D eigenvalue weighted by Gasteiger charge is -2.23. The Labute approximate surface area is 105 Å². The van der Waals surface area contributed by atoms with E-state index in [-0.39, 0.29) is 22.4 Å². The summed E-state index contributed by atoms with van der Waals surface area (Å²) in [5.41, 5.74) is 0.312. The molecule has 18 heavy (non-hydrogen) atoms. The molecule has 0 fully saturated rings. The molecule has 1 aromatic rings. The zero-order valence-corrected chi connectivity index (χ0v) is 11.1. The monoisotopic (exact) mass is 252 g/mol. The molecule has 0 aliphatic heterocycles. The first kappa shape index (κ1) is 14.1. The Morgan fingerprint density at radius 1 is 1.39 bits per heavy atom. The van der Waals surface area contributed by atoms with Gasteiger partial charge in [0.05, 0.1) is 17.6 Å². The molecular weight excluding hydrogens is 236 g/mol. The van der Waals surface area contributed by atoms with Crippen molar-refractivity contribution in [1.29, 1.82) is 0 Å². The largest absolute Gasteiger partial charge is 0.494 e. The van der Waals surface area contributed by atoms with E-state index in [0.29, 0.717) is 11.3 Å². The van der Waals surface area contributed by atoms with Gasteiger partial charge in [-0.25, -0.2) is 0 Å². The number of ether oxygens (including phenoxy) is 1. The van der Waals surface area contributed by atoms with Gasteiger partial charge in [-0.15, -0.1) is 4.91 Å². The fourth-order valence-electron chi connectivity index (χ4n) is 1.79. The molecule has 0 atom stereocenters. The van der Waals surface area contributed by atoms with Crippen molar-refractivity contribution in [2.24, 2.45) is 5.18 Å². The van der Waals surface area contributed by atoms with Crippen LogP contribution in [-0.2, 0) is 5.41 Å². The molecule has 0 aliphatic rings. The second kappa shape index (κ2) is 4.72. The van der Waals surface area contributed by atoms with Gasteiger partial charge in [0.15, 0.2) is 11.4 Å². The average Bonchev–Trinajstić information content (AvgIpc) is 2.25. The summed E-state index contributed by atoms with van der Waals surface area (Å²) in [5, 5.41) is 13.9. The number of rotatable bonds is 3. The van der Waals surface area contributed by atoms with Crippen molar-refractivity contribution in [2.75, 3.05) is 7.11 Å². The molecule has 0 aromatic heterocycles. The fourth-order valence-corrected chi connectivity index (χ4v) is 1.79. The maximum atomic E-state index is 11.0. The summed E-state index contributed by atoms with van der Waals surface area (Å²) in [4.78, 5) is 21.4. The molecule has 0 bridgehead atoms. The quantitative estimate of drug-likeness (QED) is 0.467. The lowest BCUT2D eigenvalue weighted by Crippen LogP contribution is -2.14. The highest BCUT2D eigenvalue weighted by molar-refractivity contribution is 5.69. The standard InChI is InChI=1S/C12H16N2O4/c1-7-9(14(16)17)6-8(12(2,3)4)11(18-5)10(7)13-15/h6H,1-5H3. The van der Waals surface area contributed by atoms with Crippen LogP contribution >= 0.6 is 0 Å². The third-order valence-corrected chi connectivity index (χ3v) is 2.78. The van der Waals surface area contributed by atoms with Crippen LogP contribution in [0.2, 0.25) is 0 Å². The highest BCUT2D eigenvalue weighted by Gasteiger charge is 2.29. The predicted molar refractivity (Wildman–Crippen MR) is 68.5 cm³/mol. The first-order valence-electron chi connectivity index (χ1n) is 5.43. The zero-order chi connectivity index (χ0) is 14.1. The van der Waals surface area contributed by atoms with Crippen LogP contribution in [0.4, 0.5) is 11.4 Å². The minimum Gasteiger partial charge on any atom is -0.494 e. The molecule has 0 N–H and O–H groups in total. The number of methoxy groups -OCH3 is 1. The molecule has 0 aliphatic carbocycles. The van der Waals surface area contributed by atoms with E-state index < -0.39 is 4.92 Å². The summed E-state index contributed by atoms with van der Waals surface area (Å²) in [6.45, 7) is 7.15. The average molecular weight is 252 g/mol. The van der Waals surface area contributed by atoms with E-state index in [1.807, 2.05) is 20.8 Å². The van der Waals surface area contributed by atoms with E-state index in [0.717, 1.165) is 0 Å². The van der Waals surface area contributed by atoms with Crippen molar-refractivity contribution < 1.29 is 9.66 Å². The Balaban J connectivity index is 3.76. The molecule has 98 valence electrons. The smallest absolute Gasteiger partial charge is 0.275 e. The number of nitro groups is 1. The van der Waals surface area contributed by atoms with Gasteiger partial charge in [-0.05, 0) is 17.5 Å². The summed E-state index contributed by atoms with van der Waals surface area (Å²) in [7, 11) is 1.42. The van der Waals surface area contributed by atoms with Crippen LogP contribution in [0.3, 0.4) is 0 Å². The summed E-state index contributed by atoms with van der Waals surface area (Å²) >= 11 is 0. The van der Waals surface area contributed by atoms with Crippen LogP contribution < -0.4 is 4.74 Å². The Morgan fingerprint density at radius 2 is 1.94 bits per heavy atom. The highest BCUT2D eigenvalue weighted by atomic mass is 16.6. The van der Waals surface area contributed by atoms with Crippen LogP contribution in [-0.4, -0.2) is 12.0 Å². The van der Waals surface area contributed by atoms with E-state index in [1.165, 1.54) is 20.1 Å². The van der Waals surface area contributed by atoms with Gasteiger partial charge in [0, 0.05) is 11.6 Å². The van der Waals surface area contributed by atoms with Gasteiger partial charge in [0.25, 0.3) is 5.69 Å². The lowest BCUT2D eigenvalue weighted by atomic mass is 9.84. The number of nitroso groups, excluding NO2 is 1. The van der Waals surface area contributed by atoms with Crippen molar-refractivity contribution in [3.8, 4) is 5.75 Å². The van der Waals surface area contributed by atoms with Crippen molar-refractivity contribution in [3.05, 3.63) is 32.2 Å². The van der Waals surface area contributed by atoms with Gasteiger partial charge >= 0.3 is 0 Å². The minimum absolute atomic E-state index is 0.00312. The van der Waals surface area contributed by atoms with E-state index in [9.17, 15) is 15.0 Å². The van der Waals surface area contributed by atoms with Crippen LogP contribution in [0.15, 0.2) is 11.2 Å². The molecule has 0 heterocycles. The summed E-state index contributed by atoms with van der Waals surface area (Å²) in [6, 6.07) is 1.45. The molecule has 0 radical (unpaired) electrons. The molecule has 0 spiro atoms.